The van der Waals surface area contributed by atoms with Crippen LogP contribution in [0.5, 0.6) is 0 Å². The summed E-state index contributed by atoms with van der Waals surface area (Å²) in [7, 11) is -0.957. The van der Waals surface area contributed by atoms with E-state index < -0.39 is 28.3 Å². The second-order valence-electron chi connectivity index (χ2n) is 3.55. The van der Waals surface area contributed by atoms with Gasteiger partial charge in [-0.25, -0.2) is 9.59 Å². The Morgan fingerprint density at radius 2 is 2.07 bits per heavy atom. The van der Waals surface area contributed by atoms with Crippen molar-refractivity contribution in [2.45, 2.75) is 18.4 Å². The molecule has 1 fully saturated rings. The van der Waals surface area contributed by atoms with Gasteiger partial charge in [0.05, 0.1) is 0 Å². The molecule has 0 bridgehead atoms. The SMILES string of the molecule is CS(=O)CCNC(=O)NC1(C(=O)O)CC1. The summed E-state index contributed by atoms with van der Waals surface area (Å²) in [5, 5.41) is 13.6. The molecular weight excluding hydrogens is 220 g/mol. The second-order valence-corrected chi connectivity index (χ2v) is 5.10. The molecule has 1 saturated carbocycles. The molecule has 0 aromatic heterocycles. The van der Waals surface area contributed by atoms with Gasteiger partial charge in [-0.2, -0.15) is 0 Å². The zero-order chi connectivity index (χ0) is 11.5. The van der Waals surface area contributed by atoms with Gasteiger partial charge in [-0.1, -0.05) is 0 Å². The maximum absolute atomic E-state index is 11.2. The summed E-state index contributed by atoms with van der Waals surface area (Å²) in [6.07, 6.45) is 2.48. The molecule has 2 amide bonds. The monoisotopic (exact) mass is 234 g/mol. The van der Waals surface area contributed by atoms with Crippen LogP contribution in [0.4, 0.5) is 4.79 Å². The van der Waals surface area contributed by atoms with Gasteiger partial charge in [-0.3, -0.25) is 4.21 Å². The average molecular weight is 234 g/mol. The first-order chi connectivity index (χ1) is 6.96. The van der Waals surface area contributed by atoms with Gasteiger partial charge < -0.3 is 15.7 Å². The Labute approximate surface area is 89.9 Å². The van der Waals surface area contributed by atoms with E-state index >= 15 is 0 Å². The quantitative estimate of drug-likeness (QED) is 0.585. The molecule has 0 spiro atoms. The van der Waals surface area contributed by atoms with E-state index in [-0.39, 0.29) is 6.54 Å². The number of carboxylic acids is 1. The van der Waals surface area contributed by atoms with Crippen molar-refractivity contribution >= 4 is 22.8 Å². The number of rotatable bonds is 5. The van der Waals surface area contributed by atoms with Crippen molar-refractivity contribution in [3.8, 4) is 0 Å². The third-order valence-corrected chi connectivity index (χ3v) is 2.97. The highest BCUT2D eigenvalue weighted by Crippen LogP contribution is 2.35. The summed E-state index contributed by atoms with van der Waals surface area (Å²) in [6.45, 7) is 0.282. The number of urea groups is 1. The predicted molar refractivity (Wildman–Crippen MR) is 55.1 cm³/mol. The number of aliphatic carboxylic acids is 1. The van der Waals surface area contributed by atoms with Gasteiger partial charge >= 0.3 is 12.0 Å². The lowest BCUT2D eigenvalue weighted by atomic mass is 10.3. The van der Waals surface area contributed by atoms with Crippen LogP contribution in [-0.2, 0) is 15.6 Å². The van der Waals surface area contributed by atoms with Gasteiger partial charge in [0, 0.05) is 29.4 Å². The van der Waals surface area contributed by atoms with Gasteiger partial charge in [0.1, 0.15) is 5.54 Å². The molecule has 7 heteroatoms. The third kappa shape index (κ3) is 3.50. The molecule has 0 heterocycles. The first-order valence-electron chi connectivity index (χ1n) is 4.56. The summed E-state index contributed by atoms with van der Waals surface area (Å²) >= 11 is 0. The van der Waals surface area contributed by atoms with Crippen LogP contribution >= 0.6 is 0 Å². The normalized spacial score (nSPS) is 19.0. The fraction of sp³-hybridized carbons (Fsp3) is 0.750. The Bertz CT molecular complexity index is 301. The summed E-state index contributed by atoms with van der Waals surface area (Å²) in [6, 6.07) is -0.514. The fourth-order valence-corrected chi connectivity index (χ4v) is 1.48. The standard InChI is InChI=1S/C8H14N2O4S/c1-15(14)5-4-9-7(13)10-8(2-3-8)6(11)12/h2-5H2,1H3,(H,11,12)(H2,9,10,13). The minimum atomic E-state index is -1.06. The Morgan fingerprint density at radius 3 is 2.47 bits per heavy atom. The van der Waals surface area contributed by atoms with Crippen molar-refractivity contribution in [1.29, 1.82) is 0 Å². The molecule has 3 N–H and O–H groups in total. The van der Waals surface area contributed by atoms with E-state index in [1.807, 2.05) is 0 Å². The van der Waals surface area contributed by atoms with E-state index in [2.05, 4.69) is 10.6 Å². The maximum atomic E-state index is 11.2. The van der Waals surface area contributed by atoms with Crippen molar-refractivity contribution in [3.63, 3.8) is 0 Å². The van der Waals surface area contributed by atoms with Gasteiger partial charge in [0.2, 0.25) is 0 Å². The number of carboxylic acid groups (broad SMARTS) is 1. The van der Waals surface area contributed by atoms with Crippen LogP contribution in [0.1, 0.15) is 12.8 Å². The highest BCUT2D eigenvalue weighted by molar-refractivity contribution is 7.84. The lowest BCUT2D eigenvalue weighted by molar-refractivity contribution is -0.140. The van der Waals surface area contributed by atoms with Crippen LogP contribution < -0.4 is 10.6 Å². The van der Waals surface area contributed by atoms with E-state index in [0.717, 1.165) is 0 Å². The Balaban J connectivity index is 2.25. The van der Waals surface area contributed by atoms with Crippen molar-refractivity contribution < 1.29 is 18.9 Å². The molecule has 0 aromatic carbocycles. The van der Waals surface area contributed by atoms with Gasteiger partial charge in [-0.05, 0) is 12.8 Å². The van der Waals surface area contributed by atoms with Crippen LogP contribution in [0, 0.1) is 0 Å². The Kier molecular flexibility index (Phi) is 3.67. The molecular formula is C8H14N2O4S. The summed E-state index contributed by atoms with van der Waals surface area (Å²) in [5.74, 6) is -0.634. The lowest BCUT2D eigenvalue weighted by Gasteiger charge is -2.12. The minimum Gasteiger partial charge on any atom is -0.480 e. The van der Waals surface area contributed by atoms with Crippen LogP contribution in [0.2, 0.25) is 0 Å². The summed E-state index contributed by atoms with van der Waals surface area (Å²) in [4.78, 5) is 21.9. The minimum absolute atomic E-state index is 0.282. The molecule has 1 aliphatic carbocycles. The number of carbonyl (C=O) groups excluding carboxylic acids is 1. The van der Waals surface area contributed by atoms with Crippen molar-refractivity contribution in [2.75, 3.05) is 18.6 Å². The molecule has 86 valence electrons. The third-order valence-electron chi connectivity index (χ3n) is 2.19. The number of hydrogen-bond donors (Lipinski definition) is 3. The van der Waals surface area contributed by atoms with Crippen molar-refractivity contribution in [2.24, 2.45) is 0 Å². The number of carbonyl (C=O) groups is 2. The number of hydrogen-bond acceptors (Lipinski definition) is 3. The highest BCUT2D eigenvalue weighted by Gasteiger charge is 2.51. The van der Waals surface area contributed by atoms with Gasteiger partial charge in [-0.15, -0.1) is 0 Å². The summed E-state index contributed by atoms with van der Waals surface area (Å²) < 4.78 is 10.7. The van der Waals surface area contributed by atoms with Crippen molar-refractivity contribution in [3.05, 3.63) is 0 Å². The largest absolute Gasteiger partial charge is 0.480 e. The van der Waals surface area contributed by atoms with Gasteiger partial charge in [0.25, 0.3) is 0 Å². The van der Waals surface area contributed by atoms with Crippen LogP contribution in [0.15, 0.2) is 0 Å². The van der Waals surface area contributed by atoms with Crippen molar-refractivity contribution in [1.82, 2.24) is 10.6 Å². The smallest absolute Gasteiger partial charge is 0.329 e. The molecule has 0 aliphatic heterocycles. The summed E-state index contributed by atoms with van der Waals surface area (Å²) in [5.41, 5.74) is -1.06. The van der Waals surface area contributed by atoms with E-state index in [4.69, 9.17) is 5.11 Å². The first kappa shape index (κ1) is 12.0. The van der Waals surface area contributed by atoms with E-state index in [0.29, 0.717) is 18.6 Å². The van der Waals surface area contributed by atoms with E-state index in [1.54, 1.807) is 6.26 Å². The molecule has 15 heavy (non-hydrogen) atoms. The first-order valence-corrected chi connectivity index (χ1v) is 6.28. The Hall–Kier alpha value is -1.11. The molecule has 1 unspecified atom stereocenters. The molecule has 1 rings (SSSR count). The van der Waals surface area contributed by atoms with Crippen LogP contribution in [-0.4, -0.2) is 45.4 Å². The molecule has 1 atom stereocenters. The maximum Gasteiger partial charge on any atom is 0.329 e. The fourth-order valence-electron chi connectivity index (χ4n) is 1.09. The highest BCUT2D eigenvalue weighted by atomic mass is 32.2. The number of amides is 2. The Morgan fingerprint density at radius 1 is 1.47 bits per heavy atom. The lowest BCUT2D eigenvalue weighted by Crippen LogP contribution is -2.48. The molecule has 0 saturated heterocycles. The second kappa shape index (κ2) is 4.61. The van der Waals surface area contributed by atoms with E-state index in [9.17, 15) is 13.8 Å². The molecule has 0 radical (unpaired) electrons. The zero-order valence-electron chi connectivity index (χ0n) is 8.41. The van der Waals surface area contributed by atoms with Crippen LogP contribution in [0.3, 0.4) is 0 Å². The number of nitrogens with one attached hydrogen (secondary N) is 2. The molecule has 0 aromatic rings. The van der Waals surface area contributed by atoms with Gasteiger partial charge in [0.15, 0.2) is 0 Å². The zero-order valence-corrected chi connectivity index (χ0v) is 9.23. The molecule has 6 nitrogen and oxygen atoms in total. The predicted octanol–water partition coefficient (Wildman–Crippen LogP) is -0.719. The van der Waals surface area contributed by atoms with E-state index in [1.165, 1.54) is 0 Å². The van der Waals surface area contributed by atoms with Crippen LogP contribution in [0.25, 0.3) is 0 Å². The molecule has 1 aliphatic rings. The average Bonchev–Trinajstić information content (AvgIpc) is 2.84. The topological polar surface area (TPSA) is 95.5 Å².